The lowest BCUT2D eigenvalue weighted by Gasteiger charge is -2.10. The summed E-state index contributed by atoms with van der Waals surface area (Å²) in [6.45, 7) is 0. The summed E-state index contributed by atoms with van der Waals surface area (Å²) in [6.07, 6.45) is 4.56. The van der Waals surface area contributed by atoms with Gasteiger partial charge in [-0.25, -0.2) is 4.79 Å². The highest BCUT2D eigenvalue weighted by Crippen LogP contribution is 2.28. The number of hydrazone groups is 1. The number of carboxylic acids is 1. The molecular formula is C21H16N3O5-. The minimum atomic E-state index is -1.24. The minimum Gasteiger partial charge on any atom is -0.545 e. The maximum absolute atomic E-state index is 12.2. The summed E-state index contributed by atoms with van der Waals surface area (Å²) in [7, 11) is 1.47. The number of ether oxygens (including phenoxy) is 2. The number of rotatable bonds is 7. The summed E-state index contributed by atoms with van der Waals surface area (Å²) in [5, 5.41) is 14.8. The van der Waals surface area contributed by atoms with Crippen LogP contribution in [0.15, 0.2) is 72.1 Å². The molecule has 0 aliphatic rings. The van der Waals surface area contributed by atoms with Crippen molar-refractivity contribution in [2.75, 3.05) is 12.5 Å². The fraction of sp³-hybridized carbons (Fsp3) is 0.0476. The third-order valence-electron chi connectivity index (χ3n) is 3.83. The maximum Gasteiger partial charge on any atom is 0.343 e. The number of aromatic carboxylic acids is 1. The van der Waals surface area contributed by atoms with E-state index in [1.54, 1.807) is 48.7 Å². The summed E-state index contributed by atoms with van der Waals surface area (Å²) < 4.78 is 10.7. The van der Waals surface area contributed by atoms with E-state index in [0.29, 0.717) is 22.6 Å². The molecule has 0 atom stereocenters. The highest BCUT2D eigenvalue weighted by Gasteiger charge is 2.12. The minimum absolute atomic E-state index is 0.0844. The van der Waals surface area contributed by atoms with E-state index in [1.165, 1.54) is 31.6 Å². The molecular weight excluding hydrogens is 374 g/mol. The van der Waals surface area contributed by atoms with Crippen molar-refractivity contribution < 1.29 is 24.2 Å². The first-order valence-corrected chi connectivity index (χ1v) is 8.47. The monoisotopic (exact) mass is 390 g/mol. The Hall–Kier alpha value is -4.20. The van der Waals surface area contributed by atoms with E-state index in [0.717, 1.165) is 0 Å². The van der Waals surface area contributed by atoms with Gasteiger partial charge in [0.05, 0.1) is 30.5 Å². The number of aromatic nitrogens is 1. The molecule has 3 rings (SSSR count). The molecule has 0 aliphatic carbocycles. The van der Waals surface area contributed by atoms with Crippen molar-refractivity contribution in [2.24, 2.45) is 5.10 Å². The van der Waals surface area contributed by atoms with Crippen molar-refractivity contribution in [1.82, 2.24) is 4.98 Å². The average Bonchev–Trinajstić information content (AvgIpc) is 2.75. The van der Waals surface area contributed by atoms with E-state index in [9.17, 15) is 14.7 Å². The summed E-state index contributed by atoms with van der Waals surface area (Å²) in [6, 6.07) is 14.1. The first-order chi connectivity index (χ1) is 14.1. The fourth-order valence-corrected chi connectivity index (χ4v) is 2.36. The Bertz CT molecular complexity index is 1030. The Kier molecular flexibility index (Phi) is 6.16. The number of hydrogen-bond donors (Lipinski definition) is 1. The Morgan fingerprint density at radius 3 is 2.38 bits per heavy atom. The third-order valence-corrected chi connectivity index (χ3v) is 3.83. The third kappa shape index (κ3) is 5.16. The van der Waals surface area contributed by atoms with Crippen LogP contribution < -0.4 is 20.0 Å². The average molecular weight is 390 g/mol. The molecule has 2 aromatic carbocycles. The number of methoxy groups -OCH3 is 1. The SMILES string of the molecule is COc1cc(/C=N\Nc2ccc(C(=O)[O-])cc2)ccc1OC(=O)c1ccncc1. The number of anilines is 1. The van der Waals surface area contributed by atoms with Gasteiger partial charge in [-0.3, -0.25) is 10.4 Å². The van der Waals surface area contributed by atoms with Crippen LogP contribution >= 0.6 is 0 Å². The standard InChI is InChI=1S/C21H17N3O5/c1-28-19-12-14(13-23-24-17-5-3-15(4-6-17)20(25)26)2-7-18(19)29-21(27)16-8-10-22-11-9-16/h2-13,24H,1H3,(H,25,26)/p-1/b23-13-. The molecule has 0 bridgehead atoms. The fourth-order valence-electron chi connectivity index (χ4n) is 2.36. The van der Waals surface area contributed by atoms with Crippen LogP contribution in [0.25, 0.3) is 0 Å². The summed E-state index contributed by atoms with van der Waals surface area (Å²) in [5.41, 5.74) is 4.56. The van der Waals surface area contributed by atoms with Crippen LogP contribution in [0.4, 0.5) is 5.69 Å². The lowest BCUT2D eigenvalue weighted by molar-refractivity contribution is -0.255. The predicted molar refractivity (Wildman–Crippen MR) is 104 cm³/mol. The van der Waals surface area contributed by atoms with Crippen LogP contribution in [-0.4, -0.2) is 30.2 Å². The van der Waals surface area contributed by atoms with E-state index in [2.05, 4.69) is 15.5 Å². The van der Waals surface area contributed by atoms with Crippen LogP contribution in [-0.2, 0) is 0 Å². The Balaban J connectivity index is 1.67. The van der Waals surface area contributed by atoms with Crippen molar-refractivity contribution >= 4 is 23.8 Å². The highest BCUT2D eigenvalue weighted by molar-refractivity contribution is 5.91. The number of carboxylic acid groups (broad SMARTS) is 1. The second-order valence-electron chi connectivity index (χ2n) is 5.77. The van der Waals surface area contributed by atoms with E-state index in [1.807, 2.05) is 0 Å². The number of hydrogen-bond acceptors (Lipinski definition) is 8. The van der Waals surface area contributed by atoms with Crippen LogP contribution in [0.1, 0.15) is 26.3 Å². The molecule has 0 saturated carbocycles. The number of carbonyl (C=O) groups excluding carboxylic acids is 2. The van der Waals surface area contributed by atoms with Crippen LogP contribution in [0.3, 0.4) is 0 Å². The molecule has 8 heteroatoms. The molecule has 0 unspecified atom stereocenters. The number of nitrogens with zero attached hydrogens (tertiary/aromatic N) is 2. The summed E-state index contributed by atoms with van der Waals surface area (Å²) in [4.78, 5) is 26.8. The highest BCUT2D eigenvalue weighted by atomic mass is 16.6. The Morgan fingerprint density at radius 1 is 1.00 bits per heavy atom. The van der Waals surface area contributed by atoms with Crippen molar-refractivity contribution in [3.8, 4) is 11.5 Å². The van der Waals surface area contributed by atoms with E-state index >= 15 is 0 Å². The molecule has 1 heterocycles. The quantitative estimate of drug-likeness (QED) is 0.284. The van der Waals surface area contributed by atoms with Crippen molar-refractivity contribution in [2.45, 2.75) is 0 Å². The number of nitrogens with one attached hydrogen (secondary N) is 1. The van der Waals surface area contributed by atoms with Gasteiger partial charge in [0.1, 0.15) is 0 Å². The van der Waals surface area contributed by atoms with Gasteiger partial charge >= 0.3 is 5.97 Å². The second-order valence-corrected chi connectivity index (χ2v) is 5.77. The van der Waals surface area contributed by atoms with Gasteiger partial charge in [0.25, 0.3) is 0 Å². The Morgan fingerprint density at radius 2 is 1.72 bits per heavy atom. The summed E-state index contributed by atoms with van der Waals surface area (Å²) in [5.74, 6) is -1.11. The smallest absolute Gasteiger partial charge is 0.343 e. The number of benzene rings is 2. The normalized spacial score (nSPS) is 10.5. The molecule has 0 fully saturated rings. The molecule has 1 N–H and O–H groups in total. The lowest BCUT2D eigenvalue weighted by atomic mass is 10.2. The van der Waals surface area contributed by atoms with Crippen LogP contribution in [0.5, 0.6) is 11.5 Å². The second kappa shape index (κ2) is 9.14. The molecule has 0 aliphatic heterocycles. The van der Waals surface area contributed by atoms with Gasteiger partial charge in [-0.15, -0.1) is 0 Å². The van der Waals surface area contributed by atoms with Crippen molar-refractivity contribution in [3.63, 3.8) is 0 Å². The Labute approximate surface area is 166 Å². The molecule has 1 aromatic heterocycles. The van der Waals surface area contributed by atoms with Crippen LogP contribution in [0, 0.1) is 0 Å². The predicted octanol–water partition coefficient (Wildman–Crippen LogP) is 2.12. The van der Waals surface area contributed by atoms with Gasteiger partial charge in [-0.1, -0.05) is 12.1 Å². The van der Waals surface area contributed by atoms with Crippen molar-refractivity contribution in [1.29, 1.82) is 0 Å². The molecule has 0 radical (unpaired) electrons. The van der Waals surface area contributed by atoms with Crippen molar-refractivity contribution in [3.05, 3.63) is 83.7 Å². The van der Waals surface area contributed by atoms with Gasteiger partial charge < -0.3 is 19.4 Å². The first-order valence-electron chi connectivity index (χ1n) is 8.47. The molecule has 0 spiro atoms. The van der Waals surface area contributed by atoms with Crippen LogP contribution in [0.2, 0.25) is 0 Å². The van der Waals surface area contributed by atoms with Gasteiger partial charge in [0.2, 0.25) is 0 Å². The molecule has 0 saturated heterocycles. The van der Waals surface area contributed by atoms with Gasteiger partial charge in [-0.05, 0) is 53.6 Å². The maximum atomic E-state index is 12.2. The largest absolute Gasteiger partial charge is 0.545 e. The summed E-state index contributed by atoms with van der Waals surface area (Å²) >= 11 is 0. The molecule has 29 heavy (non-hydrogen) atoms. The van der Waals surface area contributed by atoms with Gasteiger partial charge in [0, 0.05) is 12.4 Å². The van der Waals surface area contributed by atoms with E-state index < -0.39 is 11.9 Å². The zero-order chi connectivity index (χ0) is 20.6. The molecule has 146 valence electrons. The number of pyridine rings is 1. The van der Waals surface area contributed by atoms with E-state index in [4.69, 9.17) is 9.47 Å². The zero-order valence-corrected chi connectivity index (χ0v) is 15.4. The molecule has 0 amide bonds. The lowest BCUT2D eigenvalue weighted by Crippen LogP contribution is -2.21. The number of esters is 1. The topological polar surface area (TPSA) is 113 Å². The molecule has 8 nitrogen and oxygen atoms in total. The van der Waals surface area contributed by atoms with Gasteiger partial charge in [0.15, 0.2) is 11.5 Å². The number of carbonyl (C=O) groups is 2. The van der Waals surface area contributed by atoms with E-state index in [-0.39, 0.29) is 11.3 Å². The zero-order valence-electron chi connectivity index (χ0n) is 15.4. The first kappa shape index (κ1) is 19.6. The van der Waals surface area contributed by atoms with Gasteiger partial charge in [-0.2, -0.15) is 5.10 Å². The molecule has 3 aromatic rings.